The highest BCUT2D eigenvalue weighted by molar-refractivity contribution is 6.73. The molecule has 0 fully saturated rings. The molecule has 0 saturated heterocycles. The zero-order chi connectivity index (χ0) is 44.8. The number of hydrogen-bond acceptors (Lipinski definition) is 2. The first kappa shape index (κ1) is 40.9. The maximum absolute atomic E-state index is 7.34. The van der Waals surface area contributed by atoms with Crippen LogP contribution in [0.15, 0.2) is 162 Å². The number of anilines is 3. The summed E-state index contributed by atoms with van der Waals surface area (Å²) in [6, 6.07) is 54.0. The van der Waals surface area contributed by atoms with Crippen LogP contribution in [0.3, 0.4) is 0 Å². The van der Waals surface area contributed by atoms with Gasteiger partial charge in [-0.15, -0.1) is 21.9 Å². The van der Waals surface area contributed by atoms with Crippen LogP contribution in [0.25, 0.3) is 87.6 Å². The summed E-state index contributed by atoms with van der Waals surface area (Å²) in [6.07, 6.45) is 0. The lowest BCUT2D eigenvalue weighted by Gasteiger charge is -2.34. The van der Waals surface area contributed by atoms with Gasteiger partial charge in [-0.25, -0.2) is 0 Å². The molecule has 0 aliphatic carbocycles. The fraction of sp³-hybridized carbons (Fsp3) is 0. The maximum atomic E-state index is 7.34. The molecule has 1 heterocycles. The fourth-order valence-electron chi connectivity index (χ4n) is 9.39. The molecule has 1 aromatic heterocycles. The molecule has 0 N–H and O–H groups in total. The van der Waals surface area contributed by atoms with Crippen LogP contribution in [-0.4, -0.2) is 70.6 Å². The van der Waals surface area contributed by atoms with Crippen LogP contribution in [0.2, 0.25) is 0 Å². The summed E-state index contributed by atoms with van der Waals surface area (Å²) >= 11 is 0. The number of rotatable bonds is 6. The van der Waals surface area contributed by atoms with Crippen molar-refractivity contribution in [2.24, 2.45) is 0 Å². The third-order valence-corrected chi connectivity index (χ3v) is 12.8. The van der Waals surface area contributed by atoms with Crippen LogP contribution in [0.5, 0.6) is 0 Å². The van der Waals surface area contributed by atoms with Crippen LogP contribution in [0.1, 0.15) is 0 Å². The van der Waals surface area contributed by atoms with Gasteiger partial charge in [-0.2, -0.15) is 0 Å². The Balaban J connectivity index is 1.10. The monoisotopic (exact) mass is 803 g/mol. The first-order valence-corrected chi connectivity index (χ1v) is 21.0. The molecule has 0 aliphatic heterocycles. The van der Waals surface area contributed by atoms with E-state index in [9.17, 15) is 0 Å². The summed E-state index contributed by atoms with van der Waals surface area (Å²) in [5, 5.41) is 6.02. The molecule has 0 atom stereocenters. The highest BCUT2D eigenvalue weighted by Crippen LogP contribution is 2.42. The van der Waals surface area contributed by atoms with Crippen molar-refractivity contribution in [2.45, 2.75) is 0 Å². The normalized spacial score (nSPS) is 11.6. The summed E-state index contributed by atoms with van der Waals surface area (Å²) in [6.45, 7) is 0. The van der Waals surface area contributed by atoms with Gasteiger partial charge in [-0.3, -0.25) is 0 Å². The summed E-state index contributed by atoms with van der Waals surface area (Å²) in [5.74, 6) is 0. The topological polar surface area (TPSA) is 16.4 Å². The van der Waals surface area contributed by atoms with Gasteiger partial charge >= 0.3 is 0 Å². The van der Waals surface area contributed by atoms with Gasteiger partial charge in [0.2, 0.25) is 0 Å². The molecule has 18 radical (unpaired) electrons. The molecule has 0 saturated carbocycles. The zero-order valence-electron chi connectivity index (χ0n) is 35.1. The number of hydrogen-bond donors (Lipinski definition) is 0. The van der Waals surface area contributed by atoms with Gasteiger partial charge < -0.3 is 9.32 Å². The Morgan fingerprint density at radius 3 is 1.42 bits per heavy atom. The van der Waals surface area contributed by atoms with E-state index in [1.54, 1.807) is 0 Å². The largest absolute Gasteiger partial charge is 0.455 e. The molecule has 2 nitrogen and oxygen atoms in total. The molecular weight excluding hydrogens is 776 g/mol. The first-order valence-electron chi connectivity index (χ1n) is 21.0. The molecule has 0 amide bonds. The van der Waals surface area contributed by atoms with Crippen LogP contribution >= 0.6 is 0 Å². The lowest BCUT2D eigenvalue weighted by molar-refractivity contribution is 0.670. The standard InChI is InChI=1S/C54H26B9NO/c55-44-40-41-43(47(58)52(63)50(61)45(41)56)53(48(59)42(40)46(57)51(62)49(44)60)64(35-24-20-31(21-25-35)36-9-5-10-38-37-8-3-4-11-39(37)65-54(36)38)34-22-18-29(19-23-34)28-12-14-30(15-13-28)33-17-16-27-6-1-2-7-32(27)26-33/h1-26H. The third-order valence-electron chi connectivity index (χ3n) is 12.8. The van der Waals surface area contributed by atoms with Crippen LogP contribution < -0.4 is 54.1 Å². The summed E-state index contributed by atoms with van der Waals surface area (Å²) < 4.78 is 6.42. The minimum atomic E-state index is 0.0876. The Kier molecular flexibility index (Phi) is 9.88. The highest BCUT2D eigenvalue weighted by atomic mass is 16.3. The quantitative estimate of drug-likeness (QED) is 0.180. The summed E-state index contributed by atoms with van der Waals surface area (Å²) in [4.78, 5) is 2.00. The van der Waals surface area contributed by atoms with E-state index in [1.165, 1.54) is 10.8 Å². The molecule has 0 unspecified atom stereocenters. The molecule has 0 spiro atoms. The highest BCUT2D eigenvalue weighted by Gasteiger charge is 2.26. The summed E-state index contributed by atoms with van der Waals surface area (Å²) in [5.41, 5.74) is 10.9. The number of fused-ring (bicyclic) bond motifs is 7. The molecule has 0 bridgehead atoms. The van der Waals surface area contributed by atoms with Gasteiger partial charge in [0, 0.05) is 33.4 Å². The van der Waals surface area contributed by atoms with Crippen LogP contribution in [0, 0.1) is 0 Å². The van der Waals surface area contributed by atoms with Crippen molar-refractivity contribution in [3.63, 3.8) is 0 Å². The van der Waals surface area contributed by atoms with Crippen molar-refractivity contribution < 1.29 is 4.42 Å². The average Bonchev–Trinajstić information content (AvgIpc) is 3.73. The lowest BCUT2D eigenvalue weighted by Crippen LogP contribution is -2.52. The number of benzene rings is 10. The SMILES string of the molecule is [B]c1c([B])c([B])c2c(c1[B])c([B])c(N(c1ccc(-c3ccc(-c4ccc5ccccc5c4)cc3)cc1)c1ccc(-c3cccc4c3oc3ccccc34)cc1)c1c([B])c([B])c([B])c([B])c12. The van der Waals surface area contributed by atoms with E-state index in [4.69, 9.17) is 75.0 Å². The van der Waals surface area contributed by atoms with E-state index >= 15 is 0 Å². The average molecular weight is 802 g/mol. The number of para-hydroxylation sites is 2. The number of nitrogens with zero attached hydrogens (tertiary/aromatic N) is 1. The predicted octanol–water partition coefficient (Wildman–Crippen LogP) is 4.66. The van der Waals surface area contributed by atoms with E-state index < -0.39 is 0 Å². The van der Waals surface area contributed by atoms with E-state index in [1.807, 2.05) is 65.6 Å². The van der Waals surface area contributed by atoms with Gasteiger partial charge in [-0.05, 0) is 96.5 Å². The van der Waals surface area contributed by atoms with Gasteiger partial charge in [0.05, 0.1) is 0 Å². The fourth-order valence-corrected chi connectivity index (χ4v) is 9.39. The lowest BCUT2D eigenvalue weighted by atomic mass is 9.59. The van der Waals surface area contributed by atoms with Gasteiger partial charge in [0.1, 0.15) is 81.8 Å². The second-order valence-corrected chi connectivity index (χ2v) is 16.4. The van der Waals surface area contributed by atoms with Crippen molar-refractivity contribution >= 4 is 191 Å². The second kappa shape index (κ2) is 15.7. The van der Waals surface area contributed by atoms with Crippen molar-refractivity contribution in [3.8, 4) is 33.4 Å². The molecule has 11 aromatic rings. The van der Waals surface area contributed by atoms with Crippen molar-refractivity contribution in [1.29, 1.82) is 0 Å². The van der Waals surface area contributed by atoms with E-state index in [0.717, 1.165) is 66.7 Å². The van der Waals surface area contributed by atoms with Crippen molar-refractivity contribution in [2.75, 3.05) is 4.90 Å². The molecule has 10 aromatic carbocycles. The maximum Gasteiger partial charge on any atom is 0.143 e. The van der Waals surface area contributed by atoms with Crippen LogP contribution in [0.4, 0.5) is 17.1 Å². The second-order valence-electron chi connectivity index (χ2n) is 16.4. The van der Waals surface area contributed by atoms with Crippen molar-refractivity contribution in [3.05, 3.63) is 158 Å². The Hall–Kier alpha value is -6.84. The van der Waals surface area contributed by atoms with E-state index in [0.29, 0.717) is 27.2 Å². The van der Waals surface area contributed by atoms with Crippen molar-refractivity contribution in [1.82, 2.24) is 0 Å². The zero-order valence-corrected chi connectivity index (χ0v) is 35.1. The van der Waals surface area contributed by atoms with E-state index in [2.05, 4.69) is 97.1 Å². The molecule has 0 aliphatic rings. The Morgan fingerprint density at radius 2 is 0.785 bits per heavy atom. The molecule has 11 rings (SSSR count). The molecule has 11 heteroatoms. The molecule has 65 heavy (non-hydrogen) atoms. The van der Waals surface area contributed by atoms with Crippen LogP contribution in [-0.2, 0) is 0 Å². The molecule has 280 valence electrons. The predicted molar refractivity (Wildman–Crippen MR) is 286 cm³/mol. The first-order chi connectivity index (χ1) is 31.5. The smallest absolute Gasteiger partial charge is 0.143 e. The van der Waals surface area contributed by atoms with Gasteiger partial charge in [0.25, 0.3) is 0 Å². The summed E-state index contributed by atoms with van der Waals surface area (Å²) in [7, 11) is 60.9. The van der Waals surface area contributed by atoms with Gasteiger partial charge in [-0.1, -0.05) is 149 Å². The minimum absolute atomic E-state index is 0.0876. The van der Waals surface area contributed by atoms with E-state index in [-0.39, 0.29) is 49.2 Å². The Morgan fingerprint density at radius 1 is 0.323 bits per heavy atom. The van der Waals surface area contributed by atoms with Gasteiger partial charge in [0.15, 0.2) is 0 Å². The Labute approximate surface area is 389 Å². The third kappa shape index (κ3) is 6.45. The Bertz CT molecular complexity index is 3750. The number of furan rings is 1. The minimum Gasteiger partial charge on any atom is -0.455 e. The molecular formula is C54H26B9NO.